The van der Waals surface area contributed by atoms with Gasteiger partial charge in [0, 0.05) is 34.2 Å². The van der Waals surface area contributed by atoms with Crippen molar-refractivity contribution in [3.8, 4) is 33.6 Å². The molecule has 63 heavy (non-hydrogen) atoms. The van der Waals surface area contributed by atoms with Gasteiger partial charge in [0.15, 0.2) is 23.5 Å². The smallest absolute Gasteiger partial charge is 0.421 e. The average Bonchev–Trinajstić information content (AvgIpc) is 3.93. The van der Waals surface area contributed by atoms with Gasteiger partial charge in [0.25, 0.3) is 0 Å². The Hall–Kier alpha value is -5.58. The Labute approximate surface area is 374 Å². The van der Waals surface area contributed by atoms with Crippen LogP contribution in [-0.2, 0) is 24.9 Å². The lowest BCUT2D eigenvalue weighted by molar-refractivity contribution is -0.954. The molecule has 0 radical (unpaired) electrons. The maximum absolute atomic E-state index is 7.36. The third-order valence-corrected chi connectivity index (χ3v) is 17.6. The van der Waals surface area contributed by atoms with E-state index < -0.39 is 13.7 Å². The first-order valence-electron chi connectivity index (χ1n) is 24.2. The molecule has 5 aromatic carbocycles. The van der Waals surface area contributed by atoms with Crippen LogP contribution in [0, 0.1) is 11.8 Å². The van der Waals surface area contributed by atoms with E-state index in [1.54, 1.807) is 10.8 Å². The molecule has 5 heterocycles. The molecule has 3 nitrogen and oxygen atoms in total. The van der Waals surface area contributed by atoms with Crippen LogP contribution < -0.4 is 14.3 Å². The van der Waals surface area contributed by atoms with E-state index >= 15 is 0 Å². The van der Waals surface area contributed by atoms with Gasteiger partial charge in [-0.25, -0.2) is 0 Å². The fraction of sp³-hybridized carbons (Fsp3) is 0.322. The molecular formula is C59H60N2OSi+2. The highest BCUT2D eigenvalue weighted by molar-refractivity contribution is 6.89. The molecule has 1 spiro atoms. The number of rotatable bonds is 8. The van der Waals surface area contributed by atoms with Crippen LogP contribution in [-0.4, -0.2) is 8.07 Å². The average molecular weight is 841 g/mol. The molecule has 314 valence electrons. The summed E-state index contributed by atoms with van der Waals surface area (Å²) in [5, 5.41) is 3.98. The van der Waals surface area contributed by atoms with Crippen LogP contribution >= 0.6 is 0 Å². The largest absolute Gasteiger partial charge is 0.455 e. The van der Waals surface area contributed by atoms with Crippen molar-refractivity contribution in [2.45, 2.75) is 109 Å². The molecule has 1 unspecified atom stereocenters. The quantitative estimate of drug-likeness (QED) is 0.110. The maximum atomic E-state index is 7.36. The second-order valence-electron chi connectivity index (χ2n) is 20.7. The molecule has 2 fully saturated rings. The first-order chi connectivity index (χ1) is 30.8. The second kappa shape index (κ2) is 15.3. The summed E-state index contributed by atoms with van der Waals surface area (Å²) in [5.41, 5.74) is 17.3. The van der Waals surface area contributed by atoms with Crippen LogP contribution in [0.4, 0.5) is 0 Å². The molecule has 12 rings (SSSR count). The van der Waals surface area contributed by atoms with Gasteiger partial charge in [-0.15, -0.1) is 9.13 Å². The summed E-state index contributed by atoms with van der Waals surface area (Å²) < 4.78 is 12.7. The van der Waals surface area contributed by atoms with E-state index in [1.165, 1.54) is 143 Å². The molecule has 4 heteroatoms. The Kier molecular flexibility index (Phi) is 9.48. The predicted octanol–water partition coefficient (Wildman–Crippen LogP) is 13.5. The highest BCUT2D eigenvalue weighted by Crippen LogP contribution is 2.53. The summed E-state index contributed by atoms with van der Waals surface area (Å²) >= 11 is 0. The lowest BCUT2D eigenvalue weighted by Gasteiger charge is -2.26. The Morgan fingerprint density at radius 2 is 1.25 bits per heavy atom. The third-order valence-electron chi connectivity index (χ3n) is 15.6. The number of furan rings is 1. The first kappa shape index (κ1) is 39.0. The van der Waals surface area contributed by atoms with E-state index in [-0.39, 0.29) is 0 Å². The molecule has 0 N–H and O–H groups in total. The lowest BCUT2D eigenvalue weighted by atomic mass is 9.84. The summed E-state index contributed by atoms with van der Waals surface area (Å²) in [4.78, 5) is 0. The van der Waals surface area contributed by atoms with E-state index in [0.717, 1.165) is 35.8 Å². The molecule has 3 aromatic heterocycles. The van der Waals surface area contributed by atoms with Crippen molar-refractivity contribution in [1.29, 1.82) is 0 Å². The minimum absolute atomic E-state index is 0.665. The predicted molar refractivity (Wildman–Crippen MR) is 261 cm³/mol. The molecule has 8 aromatic rings. The summed E-state index contributed by atoms with van der Waals surface area (Å²) in [5.74, 6) is 1.53. The van der Waals surface area contributed by atoms with Crippen molar-refractivity contribution in [3.63, 3.8) is 0 Å². The van der Waals surface area contributed by atoms with E-state index in [2.05, 4.69) is 169 Å². The van der Waals surface area contributed by atoms with E-state index in [0.29, 0.717) is 0 Å². The van der Waals surface area contributed by atoms with Crippen LogP contribution in [0.25, 0.3) is 55.6 Å². The summed E-state index contributed by atoms with van der Waals surface area (Å²) in [6.07, 6.45) is 22.0. The van der Waals surface area contributed by atoms with Crippen molar-refractivity contribution in [1.82, 2.24) is 0 Å². The SMILES string of the molecule is C[Si](C)(C)c1c[n+]2c(cc1CC1CCCCC1)-c1ccccc1C21c2c(cc(-c3ccc(Cc4ccccc4)cc3)c3c2oc2ccccc23)-c2cc(CC3CCCCC3)cc[n+]21. The Bertz CT molecular complexity index is 3030. The van der Waals surface area contributed by atoms with Crippen LogP contribution in [0.1, 0.15) is 97.6 Å². The zero-order chi connectivity index (χ0) is 42.3. The first-order valence-corrected chi connectivity index (χ1v) is 27.7. The van der Waals surface area contributed by atoms with Crippen molar-refractivity contribution < 1.29 is 13.6 Å². The fourth-order valence-electron chi connectivity index (χ4n) is 12.6. The van der Waals surface area contributed by atoms with Crippen molar-refractivity contribution in [2.24, 2.45) is 11.8 Å². The van der Waals surface area contributed by atoms with Gasteiger partial charge in [-0.2, -0.15) is 0 Å². The van der Waals surface area contributed by atoms with Crippen molar-refractivity contribution in [2.75, 3.05) is 0 Å². The van der Waals surface area contributed by atoms with Crippen LogP contribution in [0.3, 0.4) is 0 Å². The zero-order valence-electron chi connectivity index (χ0n) is 37.4. The minimum atomic E-state index is -1.81. The van der Waals surface area contributed by atoms with Gasteiger partial charge >= 0.3 is 5.66 Å². The van der Waals surface area contributed by atoms with E-state index in [9.17, 15) is 0 Å². The van der Waals surface area contributed by atoms with Gasteiger partial charge in [0.05, 0.1) is 19.2 Å². The molecule has 0 amide bonds. The normalized spacial score (nSPS) is 18.5. The van der Waals surface area contributed by atoms with Crippen molar-refractivity contribution in [3.05, 3.63) is 173 Å². The number of hydrogen-bond acceptors (Lipinski definition) is 1. The minimum Gasteiger partial charge on any atom is -0.455 e. The molecule has 0 bridgehead atoms. The number of hydrogen-bond donors (Lipinski definition) is 0. The van der Waals surface area contributed by atoms with Crippen LogP contribution in [0.2, 0.25) is 19.6 Å². The summed E-state index contributed by atoms with van der Waals surface area (Å²) in [7, 11) is -1.81. The molecule has 2 aliphatic heterocycles. The van der Waals surface area contributed by atoms with E-state index in [4.69, 9.17) is 4.42 Å². The lowest BCUT2D eigenvalue weighted by Crippen LogP contribution is -2.72. The highest BCUT2D eigenvalue weighted by Gasteiger charge is 2.68. The molecule has 0 saturated heterocycles. The zero-order valence-corrected chi connectivity index (χ0v) is 38.4. The molecule has 1 atom stereocenters. The summed E-state index contributed by atoms with van der Waals surface area (Å²) in [6.45, 7) is 7.68. The van der Waals surface area contributed by atoms with Crippen LogP contribution in [0.15, 0.2) is 144 Å². The third kappa shape index (κ3) is 6.41. The number of nitrogens with zero attached hydrogens (tertiary/aromatic N) is 2. The molecule has 2 saturated carbocycles. The van der Waals surface area contributed by atoms with Gasteiger partial charge in [-0.3, -0.25) is 0 Å². The van der Waals surface area contributed by atoms with Gasteiger partial charge in [0.2, 0.25) is 11.4 Å². The van der Waals surface area contributed by atoms with Gasteiger partial charge in [0.1, 0.15) is 11.1 Å². The van der Waals surface area contributed by atoms with Crippen LogP contribution in [0.5, 0.6) is 0 Å². The van der Waals surface area contributed by atoms with Gasteiger partial charge in [-0.05, 0) is 88.7 Å². The Morgan fingerprint density at radius 3 is 2.02 bits per heavy atom. The standard InChI is InChI=1S/C59H60N2OSi/c1-63(2,3)55-39-61-53(37-46(55)35-42-21-11-6-12-22-42)47-23-13-15-25-51(47)59(61)57-50(52-36-44(31-32-60(52)59)34-41-19-9-5-10-20-41)38-49(56-48-24-14-16-26-54(48)62-58(56)57)45-29-27-43(28-30-45)33-40-17-7-4-8-18-40/h4,7-8,13-18,23-32,36-39,41-42H,5-6,9-12,19-22,33-35H2,1-3H3/q+2. The van der Waals surface area contributed by atoms with Gasteiger partial charge < -0.3 is 4.42 Å². The molecule has 4 aliphatic rings. The number of benzene rings is 5. The highest BCUT2D eigenvalue weighted by atomic mass is 28.3. The van der Waals surface area contributed by atoms with Crippen molar-refractivity contribution >= 4 is 35.2 Å². The molecule has 2 aliphatic carbocycles. The Morgan fingerprint density at radius 1 is 0.587 bits per heavy atom. The maximum Gasteiger partial charge on any atom is 0.421 e. The Balaban J connectivity index is 1.14. The van der Waals surface area contributed by atoms with E-state index in [1.807, 2.05) is 0 Å². The topological polar surface area (TPSA) is 20.9 Å². The number of fused-ring (bicyclic) bond motifs is 14. The second-order valence-corrected chi connectivity index (χ2v) is 25.7. The monoisotopic (exact) mass is 840 g/mol. The number of para-hydroxylation sites is 1. The number of aromatic nitrogens is 2. The number of pyridine rings is 2. The fourth-order valence-corrected chi connectivity index (χ4v) is 14.2. The molecular weight excluding hydrogens is 781 g/mol. The van der Waals surface area contributed by atoms with Gasteiger partial charge in [-0.1, -0.05) is 169 Å². The summed E-state index contributed by atoms with van der Waals surface area (Å²) in [6, 6.07) is 48.5.